The van der Waals surface area contributed by atoms with E-state index in [0.717, 1.165) is 50.9 Å². The third-order valence-electron chi connectivity index (χ3n) is 3.40. The van der Waals surface area contributed by atoms with Crippen molar-refractivity contribution in [3.05, 3.63) is 12.4 Å². The molecule has 19 heavy (non-hydrogen) atoms. The van der Waals surface area contributed by atoms with Crippen LogP contribution in [0.25, 0.3) is 0 Å². The zero-order valence-electron chi connectivity index (χ0n) is 11.8. The SMILES string of the molecule is CCN1CCN(c2cc(NCC(C)N)ncn2)CC1. The molecule has 0 amide bonds. The number of likely N-dealkylation sites (N-methyl/N-ethyl adjacent to an activating group) is 1. The van der Waals surface area contributed by atoms with Crippen LogP contribution in [0.2, 0.25) is 0 Å². The van der Waals surface area contributed by atoms with Crippen molar-refractivity contribution in [3.63, 3.8) is 0 Å². The molecule has 2 heterocycles. The van der Waals surface area contributed by atoms with Crippen molar-refractivity contribution >= 4 is 11.6 Å². The van der Waals surface area contributed by atoms with Crippen LogP contribution in [0.1, 0.15) is 13.8 Å². The summed E-state index contributed by atoms with van der Waals surface area (Å²) in [7, 11) is 0. The molecular formula is C13H24N6. The molecule has 6 nitrogen and oxygen atoms in total. The number of anilines is 2. The molecular weight excluding hydrogens is 240 g/mol. The highest BCUT2D eigenvalue weighted by molar-refractivity contribution is 5.48. The Kier molecular flexibility index (Phi) is 4.93. The van der Waals surface area contributed by atoms with Crippen LogP contribution in [-0.2, 0) is 0 Å². The number of nitrogens with two attached hydrogens (primary N) is 1. The zero-order chi connectivity index (χ0) is 13.7. The lowest BCUT2D eigenvalue weighted by Crippen LogP contribution is -2.46. The highest BCUT2D eigenvalue weighted by Crippen LogP contribution is 2.16. The Balaban J connectivity index is 1.95. The van der Waals surface area contributed by atoms with E-state index in [-0.39, 0.29) is 6.04 Å². The smallest absolute Gasteiger partial charge is 0.134 e. The summed E-state index contributed by atoms with van der Waals surface area (Å²) in [5.74, 6) is 1.85. The molecule has 1 aliphatic rings. The highest BCUT2D eigenvalue weighted by Gasteiger charge is 2.17. The molecule has 1 aromatic heterocycles. The number of hydrogen-bond acceptors (Lipinski definition) is 6. The van der Waals surface area contributed by atoms with Crippen LogP contribution in [0, 0.1) is 0 Å². The number of rotatable bonds is 5. The van der Waals surface area contributed by atoms with Crippen molar-refractivity contribution in [2.75, 3.05) is 49.5 Å². The first-order valence-corrected chi connectivity index (χ1v) is 6.98. The molecule has 1 unspecified atom stereocenters. The standard InChI is InChI=1S/C13H24N6/c1-3-18-4-6-19(7-5-18)13-8-12(16-10-17-13)15-9-11(2)14/h8,10-11H,3-7,9,14H2,1-2H3,(H,15,16,17). The summed E-state index contributed by atoms with van der Waals surface area (Å²) in [6, 6.07) is 2.12. The summed E-state index contributed by atoms with van der Waals surface area (Å²) in [4.78, 5) is 13.4. The molecule has 1 fully saturated rings. The zero-order valence-corrected chi connectivity index (χ0v) is 11.8. The van der Waals surface area contributed by atoms with Gasteiger partial charge in [-0.2, -0.15) is 0 Å². The number of nitrogens with one attached hydrogen (secondary N) is 1. The van der Waals surface area contributed by atoms with Crippen LogP contribution in [-0.4, -0.2) is 60.2 Å². The summed E-state index contributed by atoms with van der Waals surface area (Å²) >= 11 is 0. The van der Waals surface area contributed by atoms with Gasteiger partial charge in [0.15, 0.2) is 0 Å². The first-order chi connectivity index (χ1) is 9.19. The van der Waals surface area contributed by atoms with Crippen molar-refractivity contribution in [2.24, 2.45) is 5.73 Å². The van der Waals surface area contributed by atoms with Gasteiger partial charge in [-0.25, -0.2) is 9.97 Å². The Morgan fingerprint density at radius 2 is 2.05 bits per heavy atom. The maximum absolute atomic E-state index is 5.73. The number of nitrogens with zero attached hydrogens (tertiary/aromatic N) is 4. The molecule has 0 radical (unpaired) electrons. The summed E-state index contributed by atoms with van der Waals surface area (Å²) in [6.07, 6.45) is 1.62. The third kappa shape index (κ3) is 4.04. The Bertz CT molecular complexity index is 386. The first kappa shape index (κ1) is 14.0. The average Bonchev–Trinajstić information content (AvgIpc) is 2.45. The molecule has 6 heteroatoms. The van der Waals surface area contributed by atoms with Gasteiger partial charge in [-0.3, -0.25) is 0 Å². The van der Waals surface area contributed by atoms with Gasteiger partial charge in [-0.15, -0.1) is 0 Å². The summed E-state index contributed by atoms with van der Waals surface area (Å²) < 4.78 is 0. The molecule has 1 atom stereocenters. The normalized spacial score (nSPS) is 18.4. The second-order valence-corrected chi connectivity index (χ2v) is 5.04. The molecule has 0 bridgehead atoms. The van der Waals surface area contributed by atoms with Crippen LogP contribution in [0.4, 0.5) is 11.6 Å². The minimum Gasteiger partial charge on any atom is -0.368 e. The van der Waals surface area contributed by atoms with Crippen molar-refractivity contribution in [1.29, 1.82) is 0 Å². The van der Waals surface area contributed by atoms with Gasteiger partial charge in [-0.1, -0.05) is 6.92 Å². The second kappa shape index (κ2) is 6.68. The number of piperazine rings is 1. The monoisotopic (exact) mass is 264 g/mol. The van der Waals surface area contributed by atoms with Gasteiger partial charge in [0.1, 0.15) is 18.0 Å². The van der Waals surface area contributed by atoms with E-state index in [1.54, 1.807) is 6.33 Å². The average molecular weight is 264 g/mol. The van der Waals surface area contributed by atoms with Gasteiger partial charge in [0.05, 0.1) is 0 Å². The fourth-order valence-corrected chi connectivity index (χ4v) is 2.18. The topological polar surface area (TPSA) is 70.3 Å². The highest BCUT2D eigenvalue weighted by atomic mass is 15.3. The van der Waals surface area contributed by atoms with Crippen LogP contribution >= 0.6 is 0 Å². The summed E-state index contributed by atoms with van der Waals surface area (Å²) in [5, 5.41) is 3.23. The van der Waals surface area contributed by atoms with E-state index in [1.165, 1.54) is 0 Å². The van der Waals surface area contributed by atoms with Gasteiger partial charge in [0.2, 0.25) is 0 Å². The molecule has 106 valence electrons. The van der Waals surface area contributed by atoms with Gasteiger partial charge in [-0.05, 0) is 13.5 Å². The number of hydrogen-bond donors (Lipinski definition) is 2. The van der Waals surface area contributed by atoms with Gasteiger partial charge < -0.3 is 20.9 Å². The van der Waals surface area contributed by atoms with Crippen LogP contribution in [0.3, 0.4) is 0 Å². The largest absolute Gasteiger partial charge is 0.368 e. The van der Waals surface area contributed by atoms with E-state index in [1.807, 2.05) is 13.0 Å². The minimum absolute atomic E-state index is 0.117. The fourth-order valence-electron chi connectivity index (χ4n) is 2.18. The van der Waals surface area contributed by atoms with Crippen LogP contribution in [0.5, 0.6) is 0 Å². The van der Waals surface area contributed by atoms with E-state index in [0.29, 0.717) is 0 Å². The lowest BCUT2D eigenvalue weighted by molar-refractivity contribution is 0.270. The molecule has 0 aliphatic carbocycles. The van der Waals surface area contributed by atoms with E-state index < -0.39 is 0 Å². The number of aromatic nitrogens is 2. The molecule has 0 aromatic carbocycles. The predicted octanol–water partition coefficient (Wildman–Crippen LogP) is 0.378. The molecule has 3 N–H and O–H groups in total. The quantitative estimate of drug-likeness (QED) is 0.801. The van der Waals surface area contributed by atoms with Gasteiger partial charge in [0, 0.05) is 44.8 Å². The van der Waals surface area contributed by atoms with Crippen LogP contribution < -0.4 is 16.0 Å². The van der Waals surface area contributed by atoms with Crippen molar-refractivity contribution in [1.82, 2.24) is 14.9 Å². The Morgan fingerprint density at radius 1 is 1.32 bits per heavy atom. The first-order valence-electron chi connectivity index (χ1n) is 6.98. The predicted molar refractivity (Wildman–Crippen MR) is 78.5 cm³/mol. The molecule has 1 saturated heterocycles. The third-order valence-corrected chi connectivity index (χ3v) is 3.40. The molecule has 2 rings (SSSR count). The molecule has 1 aliphatic heterocycles. The van der Waals surface area contributed by atoms with Crippen LogP contribution in [0.15, 0.2) is 12.4 Å². The molecule has 0 spiro atoms. The van der Waals surface area contributed by atoms with Gasteiger partial charge >= 0.3 is 0 Å². The Hall–Kier alpha value is -1.40. The maximum Gasteiger partial charge on any atom is 0.134 e. The Morgan fingerprint density at radius 3 is 2.68 bits per heavy atom. The molecule has 1 aromatic rings. The minimum atomic E-state index is 0.117. The Labute approximate surface area is 115 Å². The maximum atomic E-state index is 5.73. The second-order valence-electron chi connectivity index (χ2n) is 5.04. The van der Waals surface area contributed by atoms with Crippen molar-refractivity contribution in [2.45, 2.75) is 19.9 Å². The fraction of sp³-hybridized carbons (Fsp3) is 0.692. The van der Waals surface area contributed by atoms with Crippen molar-refractivity contribution in [3.8, 4) is 0 Å². The van der Waals surface area contributed by atoms with E-state index in [2.05, 4.69) is 32.0 Å². The lowest BCUT2D eigenvalue weighted by Gasteiger charge is -2.34. The van der Waals surface area contributed by atoms with Gasteiger partial charge in [0.25, 0.3) is 0 Å². The summed E-state index contributed by atoms with van der Waals surface area (Å²) in [5.41, 5.74) is 5.73. The van der Waals surface area contributed by atoms with E-state index in [9.17, 15) is 0 Å². The summed E-state index contributed by atoms with van der Waals surface area (Å²) in [6.45, 7) is 10.3. The lowest BCUT2D eigenvalue weighted by atomic mass is 10.3. The molecule has 0 saturated carbocycles. The van der Waals surface area contributed by atoms with Crippen molar-refractivity contribution < 1.29 is 0 Å². The van der Waals surface area contributed by atoms with E-state index in [4.69, 9.17) is 5.73 Å². The van der Waals surface area contributed by atoms with E-state index >= 15 is 0 Å².